The number of hydroxylamine groups is 2. The van der Waals surface area contributed by atoms with Crippen LogP contribution in [0.5, 0.6) is 17.2 Å². The zero-order valence-corrected chi connectivity index (χ0v) is 18.8. The van der Waals surface area contributed by atoms with Gasteiger partial charge in [-0.2, -0.15) is 4.99 Å². The minimum absolute atomic E-state index is 0.0639. The lowest BCUT2D eigenvalue weighted by atomic mass is 10.1. The van der Waals surface area contributed by atoms with E-state index >= 15 is 0 Å². The van der Waals surface area contributed by atoms with Crippen molar-refractivity contribution < 1.29 is 23.8 Å². The van der Waals surface area contributed by atoms with Crippen LogP contribution in [0.15, 0.2) is 64.9 Å². The fourth-order valence-corrected chi connectivity index (χ4v) is 3.33. The second-order valence-corrected chi connectivity index (χ2v) is 7.60. The molecule has 1 N–H and O–H groups in total. The summed E-state index contributed by atoms with van der Waals surface area (Å²) in [5, 5.41) is 9.55. The minimum atomic E-state index is -0.492. The number of hydrogen-bond donors (Lipinski definition) is 1. The van der Waals surface area contributed by atoms with Crippen molar-refractivity contribution >= 4 is 23.7 Å². The van der Waals surface area contributed by atoms with E-state index in [1.54, 1.807) is 44.4 Å². The summed E-state index contributed by atoms with van der Waals surface area (Å²) in [6, 6.07) is 13.2. The van der Waals surface area contributed by atoms with Gasteiger partial charge in [-0.1, -0.05) is 23.8 Å². The standard InChI is InChI=1S/C25H25N3O5/c1-16-5-8-19(9-6-16)31-11-4-12-32-21-10-7-18(15-22(21)30-3)14-20-24(26)28-23(27-25(20)29)13-17(2)33-28/h5-10,13-15,26H,4,11-12H2,1-3H3/b20-14+,26-24?. The zero-order chi connectivity index (χ0) is 23.4. The van der Waals surface area contributed by atoms with Gasteiger partial charge in [-0.25, -0.2) is 0 Å². The van der Waals surface area contributed by atoms with Crippen molar-refractivity contribution in [1.29, 1.82) is 5.41 Å². The highest BCUT2D eigenvalue weighted by atomic mass is 16.7. The summed E-state index contributed by atoms with van der Waals surface area (Å²) < 4.78 is 17.0. The summed E-state index contributed by atoms with van der Waals surface area (Å²) in [6.45, 7) is 4.77. The largest absolute Gasteiger partial charge is 0.493 e. The number of amides is 1. The molecule has 8 nitrogen and oxygen atoms in total. The van der Waals surface area contributed by atoms with Crippen LogP contribution in [0.1, 0.15) is 24.5 Å². The summed E-state index contributed by atoms with van der Waals surface area (Å²) in [5.74, 6) is 2.27. The van der Waals surface area contributed by atoms with Gasteiger partial charge >= 0.3 is 0 Å². The lowest BCUT2D eigenvalue weighted by Gasteiger charge is -2.23. The Bertz CT molecular complexity index is 1170. The molecule has 2 aliphatic heterocycles. The number of ether oxygens (including phenoxy) is 3. The van der Waals surface area contributed by atoms with Crippen LogP contribution in [0.4, 0.5) is 0 Å². The first kappa shape index (κ1) is 22.1. The van der Waals surface area contributed by atoms with Crippen LogP contribution in [0.2, 0.25) is 0 Å². The number of rotatable bonds is 8. The first-order valence-corrected chi connectivity index (χ1v) is 10.5. The van der Waals surface area contributed by atoms with Crippen molar-refractivity contribution in [2.75, 3.05) is 20.3 Å². The highest BCUT2D eigenvalue weighted by molar-refractivity contribution is 6.32. The molecule has 0 atom stereocenters. The van der Waals surface area contributed by atoms with E-state index in [1.807, 2.05) is 31.2 Å². The van der Waals surface area contributed by atoms with Crippen LogP contribution >= 0.6 is 0 Å². The molecule has 1 amide bonds. The van der Waals surface area contributed by atoms with E-state index in [4.69, 9.17) is 24.5 Å². The maximum atomic E-state index is 12.4. The van der Waals surface area contributed by atoms with Crippen LogP contribution in [0.25, 0.3) is 6.08 Å². The van der Waals surface area contributed by atoms with Gasteiger partial charge in [0.25, 0.3) is 5.91 Å². The van der Waals surface area contributed by atoms with Gasteiger partial charge in [0.15, 0.2) is 23.2 Å². The van der Waals surface area contributed by atoms with Crippen molar-refractivity contribution in [3.8, 4) is 17.2 Å². The van der Waals surface area contributed by atoms with E-state index < -0.39 is 5.91 Å². The third-order valence-corrected chi connectivity index (χ3v) is 5.02. The van der Waals surface area contributed by atoms with Gasteiger partial charge in [-0.05, 0) is 49.8 Å². The van der Waals surface area contributed by atoms with E-state index in [0.29, 0.717) is 48.3 Å². The molecule has 0 spiro atoms. The number of aliphatic imine (C=N–C) groups is 1. The molecule has 170 valence electrons. The molecule has 0 saturated heterocycles. The van der Waals surface area contributed by atoms with Gasteiger partial charge in [0, 0.05) is 12.5 Å². The number of methoxy groups -OCH3 is 1. The van der Waals surface area contributed by atoms with Gasteiger partial charge in [0.2, 0.25) is 0 Å². The lowest BCUT2D eigenvalue weighted by Crippen LogP contribution is -2.38. The number of nitrogens with zero attached hydrogens (tertiary/aromatic N) is 2. The monoisotopic (exact) mass is 447 g/mol. The Morgan fingerprint density at radius 3 is 2.58 bits per heavy atom. The molecule has 0 radical (unpaired) electrons. The topological polar surface area (TPSA) is 93.4 Å². The van der Waals surface area contributed by atoms with Gasteiger partial charge < -0.3 is 19.0 Å². The number of amidine groups is 2. The first-order chi connectivity index (χ1) is 15.9. The van der Waals surface area contributed by atoms with Crippen LogP contribution in [-0.4, -0.2) is 43.0 Å². The second kappa shape index (κ2) is 9.60. The summed E-state index contributed by atoms with van der Waals surface area (Å²) in [4.78, 5) is 21.9. The summed E-state index contributed by atoms with van der Waals surface area (Å²) >= 11 is 0. The zero-order valence-electron chi connectivity index (χ0n) is 18.8. The molecule has 0 aromatic heterocycles. The van der Waals surface area contributed by atoms with E-state index in [0.717, 1.165) is 5.75 Å². The van der Waals surface area contributed by atoms with Crippen molar-refractivity contribution in [2.24, 2.45) is 4.99 Å². The van der Waals surface area contributed by atoms with E-state index in [-0.39, 0.29) is 11.4 Å². The highest BCUT2D eigenvalue weighted by Crippen LogP contribution is 2.30. The third-order valence-electron chi connectivity index (χ3n) is 5.02. The fraction of sp³-hybridized carbons (Fsp3) is 0.240. The van der Waals surface area contributed by atoms with Gasteiger partial charge in [-0.15, -0.1) is 5.06 Å². The van der Waals surface area contributed by atoms with Crippen LogP contribution < -0.4 is 14.2 Å². The Hall–Kier alpha value is -4.07. The molecule has 0 unspecified atom stereocenters. The molecule has 33 heavy (non-hydrogen) atoms. The van der Waals surface area contributed by atoms with E-state index in [1.165, 1.54) is 10.6 Å². The summed E-state index contributed by atoms with van der Waals surface area (Å²) in [6.07, 6.45) is 3.91. The Morgan fingerprint density at radius 2 is 1.82 bits per heavy atom. The van der Waals surface area contributed by atoms with Crippen LogP contribution in [-0.2, 0) is 9.63 Å². The number of carbonyl (C=O) groups is 1. The van der Waals surface area contributed by atoms with Crippen molar-refractivity contribution in [1.82, 2.24) is 5.06 Å². The van der Waals surface area contributed by atoms with Crippen molar-refractivity contribution in [3.05, 3.63) is 71.0 Å². The molecular formula is C25H25N3O5. The number of benzene rings is 2. The maximum absolute atomic E-state index is 12.4. The van der Waals surface area contributed by atoms with Gasteiger partial charge in [-0.3, -0.25) is 10.2 Å². The molecule has 2 aliphatic rings. The molecule has 2 aromatic carbocycles. The maximum Gasteiger partial charge on any atom is 0.282 e. The Morgan fingerprint density at radius 1 is 1.06 bits per heavy atom. The fourth-order valence-electron chi connectivity index (χ4n) is 3.33. The van der Waals surface area contributed by atoms with Gasteiger partial charge in [0.05, 0.1) is 25.9 Å². The smallest absolute Gasteiger partial charge is 0.282 e. The molecule has 8 heteroatoms. The third kappa shape index (κ3) is 5.06. The SMILES string of the molecule is COc1cc(/C=C2\C(=N)N3OC(C)=CC3=NC2=O)ccc1OCCCOc1ccc(C)cc1. The molecule has 0 bridgehead atoms. The number of hydrogen-bond acceptors (Lipinski definition) is 6. The number of carbonyl (C=O) groups excluding carboxylic acids is 1. The van der Waals surface area contributed by atoms with Gasteiger partial charge in [0.1, 0.15) is 11.5 Å². The average molecular weight is 447 g/mol. The molecule has 2 aromatic rings. The van der Waals surface area contributed by atoms with Crippen LogP contribution in [0.3, 0.4) is 0 Å². The Labute approximate surface area is 192 Å². The summed E-state index contributed by atoms with van der Waals surface area (Å²) in [7, 11) is 1.55. The lowest BCUT2D eigenvalue weighted by molar-refractivity contribution is -0.114. The molecular weight excluding hydrogens is 422 g/mol. The summed E-state index contributed by atoms with van der Waals surface area (Å²) in [5.41, 5.74) is 2.00. The van der Waals surface area contributed by atoms with E-state index in [2.05, 4.69) is 4.99 Å². The van der Waals surface area contributed by atoms with Crippen LogP contribution in [0, 0.1) is 12.3 Å². The second-order valence-electron chi connectivity index (χ2n) is 7.60. The minimum Gasteiger partial charge on any atom is -0.493 e. The number of nitrogens with one attached hydrogen (secondary N) is 1. The highest BCUT2D eigenvalue weighted by Gasteiger charge is 2.34. The number of fused-ring (bicyclic) bond motifs is 1. The van der Waals surface area contributed by atoms with Crippen molar-refractivity contribution in [3.63, 3.8) is 0 Å². The average Bonchev–Trinajstić information content (AvgIpc) is 3.18. The Kier molecular flexibility index (Phi) is 6.44. The predicted molar refractivity (Wildman–Crippen MR) is 125 cm³/mol. The van der Waals surface area contributed by atoms with E-state index in [9.17, 15) is 4.79 Å². The quantitative estimate of drug-likeness (QED) is 0.479. The molecule has 4 rings (SSSR count). The number of aryl methyl sites for hydroxylation is 1. The molecule has 2 heterocycles. The molecule has 0 fully saturated rings. The molecule has 0 aliphatic carbocycles. The van der Waals surface area contributed by atoms with Crippen molar-refractivity contribution in [2.45, 2.75) is 20.3 Å². The Balaban J connectivity index is 1.37. The molecule has 0 saturated carbocycles. The normalized spacial score (nSPS) is 16.2. The first-order valence-electron chi connectivity index (χ1n) is 10.5. The predicted octanol–water partition coefficient (Wildman–Crippen LogP) is 4.30. The number of allylic oxidation sites excluding steroid dienone is 1.